The van der Waals surface area contributed by atoms with Crippen LogP contribution < -0.4 is 5.32 Å². The van der Waals surface area contributed by atoms with Gasteiger partial charge in [0, 0.05) is 18.9 Å². The summed E-state index contributed by atoms with van der Waals surface area (Å²) in [6.45, 7) is 4.58. The predicted octanol–water partition coefficient (Wildman–Crippen LogP) is 1.78. The van der Waals surface area contributed by atoms with E-state index in [4.69, 9.17) is 0 Å². The molecule has 3 rings (SSSR count). The molecule has 0 spiro atoms. The van der Waals surface area contributed by atoms with Gasteiger partial charge in [0.15, 0.2) is 0 Å². The predicted molar refractivity (Wildman–Crippen MR) is 83.5 cm³/mol. The van der Waals surface area contributed by atoms with Gasteiger partial charge in [-0.05, 0) is 38.8 Å². The number of rotatable bonds is 3. The van der Waals surface area contributed by atoms with Crippen molar-refractivity contribution in [2.75, 3.05) is 6.54 Å². The van der Waals surface area contributed by atoms with Gasteiger partial charge in [-0.3, -0.25) is 0 Å². The maximum atomic E-state index is 12.4. The molecule has 22 heavy (non-hydrogen) atoms. The standard InChI is InChI=1S/C16H22N4O2/c1-16(2,22)13-6-5-9-20(13)15(21)17-10-12-11-19-8-4-3-7-14(19)18-12/h3-4,7-8,11,13,22H,5-6,9-10H2,1-2H3,(H,17,21)/t13-/m1/s1. The number of carbonyl (C=O) groups is 1. The Bertz CT molecular complexity index is 641. The van der Waals surface area contributed by atoms with Crippen LogP contribution in [-0.2, 0) is 6.54 Å². The van der Waals surface area contributed by atoms with Crippen molar-refractivity contribution in [3.05, 3.63) is 36.3 Å². The molecule has 118 valence electrons. The summed E-state index contributed by atoms with van der Waals surface area (Å²) in [5.74, 6) is 0. The van der Waals surface area contributed by atoms with E-state index in [0.717, 1.165) is 24.2 Å². The van der Waals surface area contributed by atoms with Crippen molar-refractivity contribution < 1.29 is 9.90 Å². The number of hydrogen-bond donors (Lipinski definition) is 2. The number of aliphatic hydroxyl groups is 1. The van der Waals surface area contributed by atoms with Gasteiger partial charge < -0.3 is 19.7 Å². The number of carbonyl (C=O) groups excluding carboxylic acids is 1. The SMILES string of the molecule is CC(C)(O)[C@H]1CCCN1C(=O)NCc1cn2ccccc2n1. The molecule has 0 aromatic carbocycles. The Morgan fingerprint density at radius 2 is 2.32 bits per heavy atom. The summed E-state index contributed by atoms with van der Waals surface area (Å²) < 4.78 is 1.93. The van der Waals surface area contributed by atoms with Crippen molar-refractivity contribution in [1.82, 2.24) is 19.6 Å². The highest BCUT2D eigenvalue weighted by atomic mass is 16.3. The molecular weight excluding hydrogens is 280 g/mol. The Hall–Kier alpha value is -2.08. The van der Waals surface area contributed by atoms with E-state index in [0.29, 0.717) is 13.1 Å². The quantitative estimate of drug-likeness (QED) is 0.908. The first-order chi connectivity index (χ1) is 10.4. The van der Waals surface area contributed by atoms with Gasteiger partial charge in [-0.2, -0.15) is 0 Å². The number of nitrogens with zero attached hydrogens (tertiary/aromatic N) is 3. The largest absolute Gasteiger partial charge is 0.388 e. The molecule has 1 fully saturated rings. The lowest BCUT2D eigenvalue weighted by Gasteiger charge is -2.33. The highest BCUT2D eigenvalue weighted by Gasteiger charge is 2.38. The molecule has 2 amide bonds. The fraction of sp³-hybridized carbons (Fsp3) is 0.500. The van der Waals surface area contributed by atoms with Crippen LogP contribution in [0.2, 0.25) is 0 Å². The zero-order chi connectivity index (χ0) is 15.7. The molecule has 2 aromatic heterocycles. The Morgan fingerprint density at radius 1 is 1.50 bits per heavy atom. The van der Waals surface area contributed by atoms with Crippen LogP contribution in [0.25, 0.3) is 5.65 Å². The second-order valence-corrected chi connectivity index (χ2v) is 6.36. The first-order valence-electron chi connectivity index (χ1n) is 7.64. The molecule has 2 N–H and O–H groups in total. The third kappa shape index (κ3) is 2.92. The van der Waals surface area contributed by atoms with Gasteiger partial charge in [0.25, 0.3) is 0 Å². The summed E-state index contributed by atoms with van der Waals surface area (Å²) in [7, 11) is 0. The minimum atomic E-state index is -0.878. The number of hydrogen-bond acceptors (Lipinski definition) is 3. The minimum Gasteiger partial charge on any atom is -0.388 e. The van der Waals surface area contributed by atoms with Crippen molar-refractivity contribution in [3.63, 3.8) is 0 Å². The molecule has 0 bridgehead atoms. The van der Waals surface area contributed by atoms with Gasteiger partial charge in [0.1, 0.15) is 5.65 Å². The molecule has 0 aliphatic carbocycles. The smallest absolute Gasteiger partial charge is 0.318 e. The van der Waals surface area contributed by atoms with Crippen molar-refractivity contribution in [2.24, 2.45) is 0 Å². The number of pyridine rings is 1. The highest BCUT2D eigenvalue weighted by molar-refractivity contribution is 5.75. The molecule has 3 heterocycles. The lowest BCUT2D eigenvalue weighted by molar-refractivity contribution is 0.00978. The zero-order valence-corrected chi connectivity index (χ0v) is 13.0. The van der Waals surface area contributed by atoms with Crippen LogP contribution in [0.5, 0.6) is 0 Å². The van der Waals surface area contributed by atoms with Gasteiger partial charge in [0.2, 0.25) is 0 Å². The van der Waals surface area contributed by atoms with Gasteiger partial charge in [-0.1, -0.05) is 6.07 Å². The zero-order valence-electron chi connectivity index (χ0n) is 13.0. The second-order valence-electron chi connectivity index (χ2n) is 6.36. The molecular formula is C16H22N4O2. The fourth-order valence-corrected chi connectivity index (χ4v) is 3.08. The number of nitrogens with one attached hydrogen (secondary N) is 1. The Morgan fingerprint density at radius 3 is 3.05 bits per heavy atom. The molecule has 2 aromatic rings. The van der Waals surface area contributed by atoms with E-state index in [1.165, 1.54) is 0 Å². The molecule has 1 aliphatic rings. The van der Waals surface area contributed by atoms with Gasteiger partial charge in [0.05, 0.1) is 23.9 Å². The average molecular weight is 302 g/mol. The number of imidazole rings is 1. The van der Waals surface area contributed by atoms with Crippen molar-refractivity contribution in [2.45, 2.75) is 44.9 Å². The van der Waals surface area contributed by atoms with Crippen LogP contribution >= 0.6 is 0 Å². The Balaban J connectivity index is 1.64. The van der Waals surface area contributed by atoms with Gasteiger partial charge in [-0.25, -0.2) is 9.78 Å². The van der Waals surface area contributed by atoms with E-state index in [1.807, 2.05) is 35.0 Å². The monoisotopic (exact) mass is 302 g/mol. The van der Waals surface area contributed by atoms with Crippen LogP contribution in [0.3, 0.4) is 0 Å². The fourth-order valence-electron chi connectivity index (χ4n) is 3.08. The lowest BCUT2D eigenvalue weighted by Crippen LogP contribution is -2.51. The van der Waals surface area contributed by atoms with E-state index >= 15 is 0 Å². The number of urea groups is 1. The average Bonchev–Trinajstić information content (AvgIpc) is 3.10. The van der Waals surface area contributed by atoms with Crippen molar-refractivity contribution in [1.29, 1.82) is 0 Å². The molecule has 1 aliphatic heterocycles. The van der Waals surface area contributed by atoms with E-state index in [9.17, 15) is 9.90 Å². The third-order valence-electron chi connectivity index (χ3n) is 4.16. The maximum absolute atomic E-state index is 12.4. The number of fused-ring (bicyclic) bond motifs is 1. The van der Waals surface area contributed by atoms with Gasteiger partial charge >= 0.3 is 6.03 Å². The summed E-state index contributed by atoms with van der Waals surface area (Å²) in [5.41, 5.74) is 0.803. The van der Waals surface area contributed by atoms with Crippen LogP contribution in [0.15, 0.2) is 30.6 Å². The summed E-state index contributed by atoms with van der Waals surface area (Å²) in [6.07, 6.45) is 5.60. The Kier molecular flexibility index (Phi) is 3.78. The van der Waals surface area contributed by atoms with Crippen LogP contribution in [-0.4, -0.2) is 43.6 Å². The van der Waals surface area contributed by atoms with E-state index < -0.39 is 5.60 Å². The first kappa shape index (κ1) is 14.8. The van der Waals surface area contributed by atoms with E-state index in [1.54, 1.807) is 18.7 Å². The number of likely N-dealkylation sites (tertiary alicyclic amines) is 1. The Labute approximate surface area is 129 Å². The number of amides is 2. The van der Waals surface area contributed by atoms with Crippen LogP contribution in [0.4, 0.5) is 4.79 Å². The first-order valence-corrected chi connectivity index (χ1v) is 7.64. The van der Waals surface area contributed by atoms with E-state index in [-0.39, 0.29) is 12.1 Å². The molecule has 0 saturated carbocycles. The van der Waals surface area contributed by atoms with E-state index in [2.05, 4.69) is 10.3 Å². The van der Waals surface area contributed by atoms with Crippen LogP contribution in [0, 0.1) is 0 Å². The summed E-state index contributed by atoms with van der Waals surface area (Å²) in [4.78, 5) is 18.6. The minimum absolute atomic E-state index is 0.131. The topological polar surface area (TPSA) is 69.9 Å². The molecule has 0 radical (unpaired) electrons. The lowest BCUT2D eigenvalue weighted by atomic mass is 9.97. The molecule has 6 heteroatoms. The van der Waals surface area contributed by atoms with Crippen molar-refractivity contribution >= 4 is 11.7 Å². The molecule has 1 saturated heterocycles. The van der Waals surface area contributed by atoms with Crippen LogP contribution in [0.1, 0.15) is 32.4 Å². The van der Waals surface area contributed by atoms with Crippen molar-refractivity contribution in [3.8, 4) is 0 Å². The molecule has 6 nitrogen and oxygen atoms in total. The molecule has 1 atom stereocenters. The molecule has 0 unspecified atom stereocenters. The summed E-state index contributed by atoms with van der Waals surface area (Å²) in [6, 6.07) is 5.53. The normalized spacial score (nSPS) is 18.9. The maximum Gasteiger partial charge on any atom is 0.318 e. The second kappa shape index (κ2) is 5.61. The summed E-state index contributed by atoms with van der Waals surface area (Å²) >= 11 is 0. The highest BCUT2D eigenvalue weighted by Crippen LogP contribution is 2.26. The van der Waals surface area contributed by atoms with Gasteiger partial charge in [-0.15, -0.1) is 0 Å². The number of aromatic nitrogens is 2. The summed E-state index contributed by atoms with van der Waals surface area (Å²) in [5, 5.41) is 13.1. The third-order valence-corrected chi connectivity index (χ3v) is 4.16.